The molecule has 1 amide bonds. The lowest BCUT2D eigenvalue weighted by molar-refractivity contribution is 0.102. The van der Waals surface area contributed by atoms with E-state index in [-0.39, 0.29) is 22.5 Å². The number of aryl methyl sites for hydroxylation is 1. The van der Waals surface area contributed by atoms with Crippen LogP contribution in [0.5, 0.6) is 0 Å². The largest absolute Gasteiger partial charge is 0.322 e. The summed E-state index contributed by atoms with van der Waals surface area (Å²) in [6.45, 7) is 1.61. The number of amides is 1. The number of alkyl halides is 2. The van der Waals surface area contributed by atoms with Crippen LogP contribution in [0.1, 0.15) is 21.7 Å². The van der Waals surface area contributed by atoms with Gasteiger partial charge in [0.2, 0.25) is 0 Å². The Morgan fingerprint density at radius 3 is 2.57 bits per heavy atom. The zero-order valence-electron chi connectivity index (χ0n) is 18.5. The first kappa shape index (κ1) is 22.6. The molecule has 35 heavy (non-hydrogen) atoms. The molecule has 0 bridgehead atoms. The van der Waals surface area contributed by atoms with Gasteiger partial charge in [-0.1, -0.05) is 30.4 Å². The maximum absolute atomic E-state index is 15.8. The van der Waals surface area contributed by atoms with Crippen LogP contribution >= 0.6 is 0 Å². The Labute approximate surface area is 198 Å². The minimum absolute atomic E-state index is 0.0842. The van der Waals surface area contributed by atoms with E-state index in [4.69, 9.17) is 0 Å². The van der Waals surface area contributed by atoms with Crippen molar-refractivity contribution < 1.29 is 22.4 Å². The van der Waals surface area contributed by atoms with Crippen molar-refractivity contribution in [1.82, 2.24) is 9.38 Å². The lowest BCUT2D eigenvalue weighted by Crippen LogP contribution is -2.20. The van der Waals surface area contributed by atoms with Gasteiger partial charge in [0, 0.05) is 28.6 Å². The summed E-state index contributed by atoms with van der Waals surface area (Å²) < 4.78 is 58.9. The Morgan fingerprint density at radius 2 is 1.80 bits per heavy atom. The molecule has 2 heterocycles. The van der Waals surface area contributed by atoms with Gasteiger partial charge in [-0.15, -0.1) is 0 Å². The minimum atomic E-state index is -1.87. The summed E-state index contributed by atoms with van der Waals surface area (Å²) in [5.41, 5.74) is 1.71. The van der Waals surface area contributed by atoms with Crippen LogP contribution < -0.4 is 5.32 Å². The average Bonchev–Trinajstić information content (AvgIpc) is 3.27. The van der Waals surface area contributed by atoms with Crippen molar-refractivity contribution >= 4 is 22.7 Å². The van der Waals surface area contributed by atoms with Crippen molar-refractivity contribution in [3.05, 3.63) is 108 Å². The second-order valence-corrected chi connectivity index (χ2v) is 8.19. The van der Waals surface area contributed by atoms with Gasteiger partial charge >= 0.3 is 0 Å². The van der Waals surface area contributed by atoms with E-state index in [1.165, 1.54) is 42.6 Å². The first-order chi connectivity index (χ1) is 16.8. The van der Waals surface area contributed by atoms with Crippen molar-refractivity contribution in [3.63, 3.8) is 0 Å². The molecule has 2 atom stereocenters. The van der Waals surface area contributed by atoms with Crippen molar-refractivity contribution in [3.8, 4) is 11.1 Å². The lowest BCUT2D eigenvalue weighted by atomic mass is 9.97. The van der Waals surface area contributed by atoms with Gasteiger partial charge < -0.3 is 5.32 Å². The van der Waals surface area contributed by atoms with Crippen molar-refractivity contribution in [2.45, 2.75) is 19.3 Å². The van der Waals surface area contributed by atoms with E-state index in [9.17, 15) is 18.0 Å². The number of aromatic nitrogens is 2. The first-order valence-corrected chi connectivity index (χ1v) is 10.8. The van der Waals surface area contributed by atoms with Gasteiger partial charge in [0.25, 0.3) is 5.91 Å². The molecular formula is C27H19F4N3O. The molecule has 1 aliphatic carbocycles. The summed E-state index contributed by atoms with van der Waals surface area (Å²) in [5.74, 6) is -1.67. The van der Waals surface area contributed by atoms with Crippen molar-refractivity contribution in [2.24, 2.45) is 0 Å². The molecule has 0 fully saturated rings. The molecule has 1 N–H and O–H groups in total. The third kappa shape index (κ3) is 4.01. The molecule has 1 aliphatic rings. The summed E-state index contributed by atoms with van der Waals surface area (Å²) in [4.78, 5) is 17.2. The molecule has 8 heteroatoms. The van der Waals surface area contributed by atoms with E-state index >= 15 is 4.39 Å². The molecule has 5 rings (SSSR count). The van der Waals surface area contributed by atoms with Crippen LogP contribution in [0.25, 0.3) is 22.2 Å². The smallest absolute Gasteiger partial charge is 0.258 e. The van der Waals surface area contributed by atoms with Crippen LogP contribution in [0, 0.1) is 18.6 Å². The Balaban J connectivity index is 1.57. The zero-order chi connectivity index (χ0) is 24.7. The molecular weight excluding hydrogens is 458 g/mol. The van der Waals surface area contributed by atoms with E-state index in [1.807, 2.05) is 0 Å². The molecule has 4 aromatic rings. The Kier molecular flexibility index (Phi) is 5.72. The van der Waals surface area contributed by atoms with E-state index < -0.39 is 29.9 Å². The standard InChI is InChI=1S/C27H19F4N3O/c1-15-7-12-19(25(31)23(15)27(35)33-17-10-8-16(28)9-11-17)18-5-3-13-34-22(18)14-32-26(34)20-4-2-6-21(29)24(20)30/h2-14,21,24H,1H3,(H,33,35). The number of carbonyl (C=O) groups excluding carboxylic acids is 1. The van der Waals surface area contributed by atoms with Gasteiger partial charge in [-0.2, -0.15) is 0 Å². The van der Waals surface area contributed by atoms with Crippen molar-refractivity contribution in [2.75, 3.05) is 5.32 Å². The summed E-state index contributed by atoms with van der Waals surface area (Å²) in [6.07, 6.45) is 3.49. The van der Waals surface area contributed by atoms with E-state index in [1.54, 1.807) is 41.8 Å². The van der Waals surface area contributed by atoms with Gasteiger partial charge in [0.15, 0.2) is 12.3 Å². The van der Waals surface area contributed by atoms with Gasteiger partial charge in [-0.05, 0) is 48.9 Å². The van der Waals surface area contributed by atoms with E-state index in [0.717, 1.165) is 6.08 Å². The number of allylic oxidation sites excluding steroid dienone is 4. The quantitative estimate of drug-likeness (QED) is 0.343. The van der Waals surface area contributed by atoms with Crippen LogP contribution in [-0.4, -0.2) is 27.6 Å². The number of carbonyl (C=O) groups is 1. The number of hydrogen-bond acceptors (Lipinski definition) is 2. The highest BCUT2D eigenvalue weighted by molar-refractivity contribution is 6.06. The predicted molar refractivity (Wildman–Crippen MR) is 127 cm³/mol. The van der Waals surface area contributed by atoms with Gasteiger partial charge in [0.1, 0.15) is 17.5 Å². The van der Waals surface area contributed by atoms with Gasteiger partial charge in [0.05, 0.1) is 17.3 Å². The number of nitrogens with zero attached hydrogens (tertiary/aromatic N) is 2. The fraction of sp³-hybridized carbons (Fsp3) is 0.111. The number of halogens is 4. The lowest BCUT2D eigenvalue weighted by Gasteiger charge is -2.17. The van der Waals surface area contributed by atoms with Crippen LogP contribution in [0.3, 0.4) is 0 Å². The highest BCUT2D eigenvalue weighted by Gasteiger charge is 2.29. The van der Waals surface area contributed by atoms with E-state index in [2.05, 4.69) is 10.3 Å². The minimum Gasteiger partial charge on any atom is -0.322 e. The topological polar surface area (TPSA) is 46.4 Å². The maximum atomic E-state index is 15.8. The fourth-order valence-corrected chi connectivity index (χ4v) is 4.17. The second kappa shape index (κ2) is 8.87. The zero-order valence-corrected chi connectivity index (χ0v) is 18.5. The first-order valence-electron chi connectivity index (χ1n) is 10.8. The average molecular weight is 477 g/mol. The third-order valence-corrected chi connectivity index (χ3v) is 5.95. The second-order valence-electron chi connectivity index (χ2n) is 8.19. The normalized spacial score (nSPS) is 17.5. The van der Waals surface area contributed by atoms with Crippen LogP contribution in [0.2, 0.25) is 0 Å². The number of nitrogens with one attached hydrogen (secondary N) is 1. The summed E-state index contributed by atoms with van der Waals surface area (Å²) in [5, 5.41) is 2.58. The van der Waals surface area contributed by atoms with Crippen molar-refractivity contribution in [1.29, 1.82) is 0 Å². The highest BCUT2D eigenvalue weighted by Crippen LogP contribution is 2.34. The molecule has 2 aromatic carbocycles. The van der Waals surface area contributed by atoms with E-state index in [0.29, 0.717) is 22.3 Å². The number of fused-ring (bicyclic) bond motifs is 1. The molecule has 0 saturated carbocycles. The molecule has 0 aliphatic heterocycles. The Bertz CT molecular complexity index is 1510. The summed E-state index contributed by atoms with van der Waals surface area (Å²) >= 11 is 0. The molecule has 0 radical (unpaired) electrons. The third-order valence-electron chi connectivity index (χ3n) is 5.95. The number of hydrogen-bond donors (Lipinski definition) is 1. The number of pyridine rings is 1. The Morgan fingerprint density at radius 1 is 1.03 bits per heavy atom. The number of benzene rings is 2. The van der Waals surface area contributed by atoms with Gasteiger partial charge in [-0.25, -0.2) is 22.5 Å². The molecule has 4 nitrogen and oxygen atoms in total. The van der Waals surface area contributed by atoms with Crippen LogP contribution in [0.15, 0.2) is 79.2 Å². The monoisotopic (exact) mass is 477 g/mol. The number of anilines is 1. The van der Waals surface area contributed by atoms with Crippen LogP contribution in [0.4, 0.5) is 23.2 Å². The SMILES string of the molecule is Cc1ccc(-c2cccn3c(C4=CC=CC(F)C4F)ncc23)c(F)c1C(=O)Nc1ccc(F)cc1. The Hall–Kier alpha value is -4.20. The van der Waals surface area contributed by atoms with Gasteiger partial charge in [-0.3, -0.25) is 9.20 Å². The molecule has 2 unspecified atom stereocenters. The maximum Gasteiger partial charge on any atom is 0.258 e. The molecule has 2 aromatic heterocycles. The number of rotatable bonds is 4. The predicted octanol–water partition coefficient (Wildman–Crippen LogP) is 6.47. The summed E-state index contributed by atoms with van der Waals surface area (Å²) in [6, 6.07) is 11.6. The van der Waals surface area contributed by atoms with Crippen LogP contribution in [-0.2, 0) is 0 Å². The highest BCUT2D eigenvalue weighted by atomic mass is 19.2. The molecule has 176 valence electrons. The summed E-state index contributed by atoms with van der Waals surface area (Å²) in [7, 11) is 0. The fourth-order valence-electron chi connectivity index (χ4n) is 4.17. The number of imidazole rings is 1. The molecule has 0 spiro atoms. The molecule has 0 saturated heterocycles.